The van der Waals surface area contributed by atoms with Crippen LogP contribution in [0.3, 0.4) is 0 Å². The second kappa shape index (κ2) is 7.23. The molecule has 0 aromatic carbocycles. The minimum absolute atomic E-state index is 0.0967. The summed E-state index contributed by atoms with van der Waals surface area (Å²) in [6, 6.07) is 4.76. The van der Waals surface area contributed by atoms with Crippen molar-refractivity contribution in [2.24, 2.45) is 0 Å². The molecule has 1 aliphatic carbocycles. The Morgan fingerprint density at radius 2 is 2.14 bits per heavy atom. The fraction of sp³-hybridized carbons (Fsp3) is 0.706. The monoisotopic (exact) mass is 291 g/mol. The maximum absolute atomic E-state index is 9.15. The smallest absolute Gasteiger partial charge is 0.133 e. The maximum atomic E-state index is 9.15. The Balaban J connectivity index is 2.14. The average Bonchev–Trinajstić information content (AvgIpc) is 2.38. The van der Waals surface area contributed by atoms with Gasteiger partial charge in [-0.15, -0.1) is 0 Å². The molecule has 0 bridgehead atoms. The van der Waals surface area contributed by atoms with Crippen molar-refractivity contribution in [2.75, 3.05) is 18.1 Å². The zero-order valence-electron chi connectivity index (χ0n) is 13.6. The topological polar surface area (TPSA) is 48.4 Å². The van der Waals surface area contributed by atoms with E-state index in [0.29, 0.717) is 6.04 Å². The molecule has 4 nitrogen and oxygen atoms in total. The third-order valence-corrected chi connectivity index (χ3v) is 4.02. The van der Waals surface area contributed by atoms with Gasteiger partial charge < -0.3 is 15.3 Å². The number of aliphatic hydroxyl groups is 1. The van der Waals surface area contributed by atoms with E-state index in [1.54, 1.807) is 0 Å². The lowest BCUT2D eigenvalue weighted by atomic mass is 9.91. The van der Waals surface area contributed by atoms with Crippen molar-refractivity contribution in [3.8, 4) is 0 Å². The average molecular weight is 291 g/mol. The van der Waals surface area contributed by atoms with Crippen LogP contribution in [0.2, 0.25) is 0 Å². The first-order valence-electron chi connectivity index (χ1n) is 8.08. The van der Waals surface area contributed by atoms with E-state index in [2.05, 4.69) is 42.0 Å². The van der Waals surface area contributed by atoms with E-state index in [1.807, 2.05) is 12.3 Å². The highest BCUT2D eigenvalue weighted by Gasteiger charge is 2.27. The van der Waals surface area contributed by atoms with Crippen LogP contribution in [0.1, 0.15) is 52.0 Å². The number of nitrogens with zero attached hydrogens (tertiary/aromatic N) is 2. The van der Waals surface area contributed by atoms with Gasteiger partial charge in [0.05, 0.1) is 0 Å². The van der Waals surface area contributed by atoms with Gasteiger partial charge in [0.25, 0.3) is 0 Å². The number of aliphatic hydroxyl groups excluding tert-OH is 1. The molecule has 0 atom stereocenters. The molecule has 2 N–H and O–H groups in total. The van der Waals surface area contributed by atoms with E-state index >= 15 is 0 Å². The maximum Gasteiger partial charge on any atom is 0.133 e. The largest absolute Gasteiger partial charge is 0.396 e. The molecule has 1 aliphatic rings. The van der Waals surface area contributed by atoms with Crippen LogP contribution in [-0.4, -0.2) is 34.8 Å². The van der Waals surface area contributed by atoms with E-state index < -0.39 is 0 Å². The van der Waals surface area contributed by atoms with Crippen LogP contribution in [0.15, 0.2) is 18.3 Å². The van der Waals surface area contributed by atoms with Gasteiger partial charge in [-0.3, -0.25) is 0 Å². The summed E-state index contributed by atoms with van der Waals surface area (Å²) in [6.07, 6.45) is 6.48. The molecular formula is C17H29N3O. The lowest BCUT2D eigenvalue weighted by Gasteiger charge is -2.39. The Bertz CT molecular complexity index is 438. The second-order valence-electron chi connectivity index (χ2n) is 6.94. The Morgan fingerprint density at radius 1 is 1.38 bits per heavy atom. The van der Waals surface area contributed by atoms with Crippen LogP contribution in [0.5, 0.6) is 0 Å². The number of nitrogens with one attached hydrogen (secondary N) is 1. The first-order valence-corrected chi connectivity index (χ1v) is 8.08. The molecule has 4 heteroatoms. The van der Waals surface area contributed by atoms with E-state index in [-0.39, 0.29) is 12.1 Å². The Hall–Kier alpha value is -1.13. The van der Waals surface area contributed by atoms with Gasteiger partial charge in [-0.05, 0) is 52.5 Å². The molecule has 1 heterocycles. The van der Waals surface area contributed by atoms with Gasteiger partial charge in [0, 0.05) is 43.0 Å². The molecule has 1 aromatic rings. The number of anilines is 1. The lowest BCUT2D eigenvalue weighted by Crippen LogP contribution is -2.43. The highest BCUT2D eigenvalue weighted by Crippen LogP contribution is 2.30. The van der Waals surface area contributed by atoms with Gasteiger partial charge in [-0.1, -0.05) is 6.07 Å². The van der Waals surface area contributed by atoms with Crippen LogP contribution in [0.4, 0.5) is 5.82 Å². The first kappa shape index (κ1) is 16.2. The number of aromatic nitrogens is 1. The molecule has 2 rings (SSSR count). The van der Waals surface area contributed by atoms with Crippen molar-refractivity contribution >= 4 is 5.82 Å². The van der Waals surface area contributed by atoms with E-state index in [4.69, 9.17) is 5.11 Å². The predicted octanol–water partition coefficient (Wildman–Crippen LogP) is 2.71. The van der Waals surface area contributed by atoms with Gasteiger partial charge in [0.1, 0.15) is 5.82 Å². The van der Waals surface area contributed by atoms with Crippen molar-refractivity contribution in [1.82, 2.24) is 10.3 Å². The third-order valence-electron chi connectivity index (χ3n) is 4.02. The third kappa shape index (κ3) is 4.68. The van der Waals surface area contributed by atoms with Gasteiger partial charge in [0.2, 0.25) is 0 Å². The standard InChI is InChI=1S/C17H29N3O/c1-17(2,3)19-13-14-7-5-10-18-16(14)20(11-6-12-21)15-8-4-9-15/h5,7,10,15,19,21H,4,6,8-9,11-13H2,1-3H3. The van der Waals surface area contributed by atoms with Gasteiger partial charge in [-0.2, -0.15) is 0 Å². The van der Waals surface area contributed by atoms with Crippen molar-refractivity contribution in [3.05, 3.63) is 23.9 Å². The number of hydrogen-bond donors (Lipinski definition) is 2. The molecule has 21 heavy (non-hydrogen) atoms. The predicted molar refractivity (Wildman–Crippen MR) is 87.5 cm³/mol. The number of pyridine rings is 1. The molecule has 0 unspecified atom stereocenters. The molecule has 0 amide bonds. The van der Waals surface area contributed by atoms with Crippen LogP contribution in [0.25, 0.3) is 0 Å². The Labute approximate surface area is 128 Å². The lowest BCUT2D eigenvalue weighted by molar-refractivity contribution is 0.282. The van der Waals surface area contributed by atoms with Gasteiger partial charge >= 0.3 is 0 Å². The summed E-state index contributed by atoms with van der Waals surface area (Å²) in [6.45, 7) is 8.50. The molecular weight excluding hydrogens is 262 g/mol. The molecule has 0 aliphatic heterocycles. The second-order valence-corrected chi connectivity index (χ2v) is 6.94. The first-order chi connectivity index (χ1) is 10.0. The van der Waals surface area contributed by atoms with E-state index in [1.165, 1.54) is 24.8 Å². The molecule has 1 saturated carbocycles. The van der Waals surface area contributed by atoms with Crippen LogP contribution >= 0.6 is 0 Å². The highest BCUT2D eigenvalue weighted by molar-refractivity contribution is 5.48. The summed E-state index contributed by atoms with van der Waals surface area (Å²) in [5.74, 6) is 1.09. The zero-order chi connectivity index (χ0) is 15.3. The number of rotatable bonds is 7. The van der Waals surface area contributed by atoms with Crippen LogP contribution in [-0.2, 0) is 6.54 Å². The highest BCUT2D eigenvalue weighted by atomic mass is 16.3. The molecule has 0 radical (unpaired) electrons. The summed E-state index contributed by atoms with van der Waals surface area (Å²) < 4.78 is 0. The molecule has 1 fully saturated rings. The number of hydrogen-bond acceptors (Lipinski definition) is 4. The van der Waals surface area contributed by atoms with Gasteiger partial charge in [-0.25, -0.2) is 4.98 Å². The zero-order valence-corrected chi connectivity index (χ0v) is 13.6. The quantitative estimate of drug-likeness (QED) is 0.811. The minimum atomic E-state index is 0.0967. The van der Waals surface area contributed by atoms with Crippen LogP contribution in [0, 0.1) is 0 Å². The molecule has 0 saturated heterocycles. The summed E-state index contributed by atoms with van der Waals surface area (Å²) >= 11 is 0. The SMILES string of the molecule is CC(C)(C)NCc1cccnc1N(CCCO)C1CCC1. The summed E-state index contributed by atoms with van der Waals surface area (Å²) in [5.41, 5.74) is 1.34. The molecule has 1 aromatic heterocycles. The van der Waals surface area contributed by atoms with Crippen molar-refractivity contribution in [1.29, 1.82) is 0 Å². The van der Waals surface area contributed by atoms with Crippen molar-refractivity contribution < 1.29 is 5.11 Å². The van der Waals surface area contributed by atoms with E-state index in [9.17, 15) is 0 Å². The summed E-state index contributed by atoms with van der Waals surface area (Å²) in [5, 5.41) is 12.7. The Morgan fingerprint density at radius 3 is 2.71 bits per heavy atom. The fourth-order valence-corrected chi connectivity index (χ4v) is 2.59. The van der Waals surface area contributed by atoms with E-state index in [0.717, 1.165) is 25.3 Å². The van der Waals surface area contributed by atoms with Crippen molar-refractivity contribution in [3.63, 3.8) is 0 Å². The summed E-state index contributed by atoms with van der Waals surface area (Å²) in [4.78, 5) is 7.04. The molecule has 118 valence electrons. The van der Waals surface area contributed by atoms with Crippen LogP contribution < -0.4 is 10.2 Å². The normalized spacial score (nSPS) is 15.8. The summed E-state index contributed by atoms with van der Waals surface area (Å²) in [7, 11) is 0. The van der Waals surface area contributed by atoms with Crippen molar-refractivity contribution in [2.45, 2.75) is 64.6 Å². The minimum Gasteiger partial charge on any atom is -0.396 e. The Kier molecular flexibility index (Phi) is 5.59. The fourth-order valence-electron chi connectivity index (χ4n) is 2.59. The molecule has 0 spiro atoms. The van der Waals surface area contributed by atoms with Gasteiger partial charge in [0.15, 0.2) is 0 Å².